The first-order chi connectivity index (χ1) is 13.7. The van der Waals surface area contributed by atoms with Crippen molar-refractivity contribution < 1.29 is 14.6 Å². The Bertz CT molecular complexity index is 824. The van der Waals surface area contributed by atoms with Crippen molar-refractivity contribution in [3.8, 4) is 0 Å². The SMILES string of the molecule is O=C(O)O[C@H]1CCCN(CCC=C2c3ccccc3CCc3ccccc32)C1. The largest absolute Gasteiger partial charge is 0.506 e. The topological polar surface area (TPSA) is 49.8 Å². The van der Waals surface area contributed by atoms with E-state index in [2.05, 4.69) is 59.5 Å². The van der Waals surface area contributed by atoms with Gasteiger partial charge in [-0.15, -0.1) is 0 Å². The van der Waals surface area contributed by atoms with Crippen LogP contribution < -0.4 is 0 Å². The van der Waals surface area contributed by atoms with Crippen molar-refractivity contribution in [1.82, 2.24) is 4.90 Å². The fourth-order valence-corrected chi connectivity index (χ4v) is 4.48. The van der Waals surface area contributed by atoms with Crippen molar-refractivity contribution in [3.05, 3.63) is 76.9 Å². The average Bonchev–Trinajstić information content (AvgIpc) is 2.85. The van der Waals surface area contributed by atoms with E-state index in [0.717, 1.165) is 45.2 Å². The molecule has 0 spiro atoms. The first-order valence-electron chi connectivity index (χ1n) is 10.2. The standard InChI is InChI=1S/C24H27NO3/c26-24(27)28-20-9-5-15-25(17-20)16-6-12-23-21-10-3-1-7-18(21)13-14-19-8-2-4-11-22(19)23/h1-4,7-8,10-12,20H,5-6,9,13-17H2,(H,26,27)/t20-/m0/s1. The second-order valence-electron chi connectivity index (χ2n) is 7.67. The molecule has 2 aliphatic rings. The molecule has 1 heterocycles. The summed E-state index contributed by atoms with van der Waals surface area (Å²) in [7, 11) is 0. The van der Waals surface area contributed by atoms with Crippen LogP contribution in [-0.2, 0) is 17.6 Å². The van der Waals surface area contributed by atoms with Gasteiger partial charge in [0.2, 0.25) is 0 Å². The van der Waals surface area contributed by atoms with Gasteiger partial charge < -0.3 is 9.84 Å². The van der Waals surface area contributed by atoms with Crippen LogP contribution in [-0.4, -0.2) is 41.9 Å². The third kappa shape index (κ3) is 4.28. The Morgan fingerprint density at radius 1 is 1.07 bits per heavy atom. The van der Waals surface area contributed by atoms with Crippen LogP contribution in [0, 0.1) is 0 Å². The van der Waals surface area contributed by atoms with Gasteiger partial charge in [0.05, 0.1) is 0 Å². The lowest BCUT2D eigenvalue weighted by molar-refractivity contribution is 0.0140. The number of fused-ring (bicyclic) bond motifs is 2. The third-order valence-electron chi connectivity index (χ3n) is 5.80. The molecular weight excluding hydrogens is 350 g/mol. The van der Waals surface area contributed by atoms with Crippen molar-refractivity contribution in [2.75, 3.05) is 19.6 Å². The summed E-state index contributed by atoms with van der Waals surface area (Å²) in [4.78, 5) is 13.1. The van der Waals surface area contributed by atoms with Gasteiger partial charge in [-0.25, -0.2) is 4.79 Å². The van der Waals surface area contributed by atoms with E-state index in [1.54, 1.807) is 0 Å². The summed E-state index contributed by atoms with van der Waals surface area (Å²) in [5.74, 6) is 0. The summed E-state index contributed by atoms with van der Waals surface area (Å²) in [6.07, 6.45) is 5.90. The van der Waals surface area contributed by atoms with Crippen molar-refractivity contribution in [2.24, 2.45) is 0 Å². The number of carbonyl (C=O) groups is 1. The van der Waals surface area contributed by atoms with Gasteiger partial charge in [-0.05, 0) is 66.5 Å². The summed E-state index contributed by atoms with van der Waals surface area (Å²) < 4.78 is 4.99. The second kappa shape index (κ2) is 8.61. The fourth-order valence-electron chi connectivity index (χ4n) is 4.48. The summed E-state index contributed by atoms with van der Waals surface area (Å²) in [5.41, 5.74) is 6.85. The third-order valence-corrected chi connectivity index (χ3v) is 5.80. The Morgan fingerprint density at radius 2 is 1.71 bits per heavy atom. The molecule has 0 amide bonds. The maximum atomic E-state index is 10.8. The van der Waals surface area contributed by atoms with E-state index in [1.807, 2.05) is 0 Å². The molecule has 4 heteroatoms. The zero-order valence-corrected chi connectivity index (χ0v) is 16.1. The van der Waals surface area contributed by atoms with E-state index in [-0.39, 0.29) is 6.10 Å². The molecule has 0 radical (unpaired) electrons. The Hall–Kier alpha value is -2.59. The summed E-state index contributed by atoms with van der Waals surface area (Å²) in [5, 5.41) is 8.86. The number of likely N-dealkylation sites (tertiary alicyclic amines) is 1. The van der Waals surface area contributed by atoms with Gasteiger partial charge in [0, 0.05) is 13.1 Å². The molecule has 2 aromatic rings. The van der Waals surface area contributed by atoms with E-state index in [0.29, 0.717) is 6.54 Å². The Balaban J connectivity index is 1.52. The van der Waals surface area contributed by atoms with Crippen LogP contribution in [0.2, 0.25) is 0 Å². The Kier molecular flexibility index (Phi) is 5.77. The Labute approximate surface area is 166 Å². The van der Waals surface area contributed by atoms with Gasteiger partial charge in [-0.2, -0.15) is 0 Å². The maximum absolute atomic E-state index is 10.8. The first-order valence-corrected chi connectivity index (χ1v) is 10.2. The van der Waals surface area contributed by atoms with Crippen LogP contribution in [0.3, 0.4) is 0 Å². The number of hydrogen-bond acceptors (Lipinski definition) is 3. The zero-order chi connectivity index (χ0) is 19.3. The molecule has 0 aromatic heterocycles. The highest BCUT2D eigenvalue weighted by atomic mass is 16.7. The number of nitrogens with zero attached hydrogens (tertiary/aromatic N) is 1. The van der Waals surface area contributed by atoms with Crippen LogP contribution >= 0.6 is 0 Å². The minimum absolute atomic E-state index is 0.196. The number of hydrogen-bond donors (Lipinski definition) is 1. The van der Waals surface area contributed by atoms with E-state index >= 15 is 0 Å². The molecule has 4 rings (SSSR count). The molecule has 0 bridgehead atoms. The van der Waals surface area contributed by atoms with E-state index in [9.17, 15) is 4.79 Å². The van der Waals surface area contributed by atoms with Crippen LogP contribution in [0.4, 0.5) is 4.79 Å². The maximum Gasteiger partial charge on any atom is 0.506 e. The molecule has 1 saturated heterocycles. The lowest BCUT2D eigenvalue weighted by atomic mass is 9.93. The Morgan fingerprint density at radius 3 is 2.36 bits per heavy atom. The van der Waals surface area contributed by atoms with Crippen LogP contribution in [0.1, 0.15) is 41.5 Å². The van der Waals surface area contributed by atoms with Crippen molar-refractivity contribution in [3.63, 3.8) is 0 Å². The molecule has 146 valence electrons. The molecule has 1 atom stereocenters. The quantitative estimate of drug-likeness (QED) is 0.780. The monoisotopic (exact) mass is 377 g/mol. The summed E-state index contributed by atoms with van der Waals surface area (Å²) >= 11 is 0. The van der Waals surface area contributed by atoms with Gasteiger partial charge in [0.1, 0.15) is 6.10 Å². The van der Waals surface area contributed by atoms with Crippen LogP contribution in [0.25, 0.3) is 5.57 Å². The highest BCUT2D eigenvalue weighted by molar-refractivity contribution is 5.83. The summed E-state index contributed by atoms with van der Waals surface area (Å²) in [6, 6.07) is 17.5. The van der Waals surface area contributed by atoms with E-state index in [4.69, 9.17) is 9.84 Å². The number of aryl methyl sites for hydroxylation is 2. The zero-order valence-electron chi connectivity index (χ0n) is 16.1. The van der Waals surface area contributed by atoms with Gasteiger partial charge >= 0.3 is 6.16 Å². The number of rotatable bonds is 4. The lowest BCUT2D eigenvalue weighted by Crippen LogP contribution is -2.40. The average molecular weight is 377 g/mol. The molecule has 28 heavy (non-hydrogen) atoms. The van der Waals surface area contributed by atoms with E-state index < -0.39 is 6.16 Å². The van der Waals surface area contributed by atoms with Gasteiger partial charge in [0.15, 0.2) is 0 Å². The first kappa shape index (κ1) is 18.8. The normalized spacial score (nSPS) is 19.3. The van der Waals surface area contributed by atoms with Crippen molar-refractivity contribution in [2.45, 2.75) is 38.2 Å². The molecule has 1 aliphatic heterocycles. The molecule has 1 aliphatic carbocycles. The molecule has 0 unspecified atom stereocenters. The minimum Gasteiger partial charge on any atom is -0.450 e. The lowest BCUT2D eigenvalue weighted by Gasteiger charge is -2.31. The highest BCUT2D eigenvalue weighted by Gasteiger charge is 2.23. The number of ether oxygens (including phenoxy) is 1. The van der Waals surface area contributed by atoms with Gasteiger partial charge in [-0.3, -0.25) is 4.90 Å². The number of carboxylic acid groups (broad SMARTS) is 1. The molecule has 2 aromatic carbocycles. The predicted octanol–water partition coefficient (Wildman–Crippen LogP) is 4.77. The molecule has 1 N–H and O–H groups in total. The number of benzene rings is 2. The van der Waals surface area contributed by atoms with Gasteiger partial charge in [0.25, 0.3) is 0 Å². The van der Waals surface area contributed by atoms with Gasteiger partial charge in [-0.1, -0.05) is 54.6 Å². The van der Waals surface area contributed by atoms with Crippen LogP contribution in [0.5, 0.6) is 0 Å². The van der Waals surface area contributed by atoms with Crippen LogP contribution in [0.15, 0.2) is 54.6 Å². The smallest absolute Gasteiger partial charge is 0.450 e. The van der Waals surface area contributed by atoms with Crippen molar-refractivity contribution in [1.29, 1.82) is 0 Å². The summed E-state index contributed by atoms with van der Waals surface area (Å²) in [6.45, 7) is 2.63. The van der Waals surface area contributed by atoms with E-state index in [1.165, 1.54) is 27.8 Å². The van der Waals surface area contributed by atoms with Crippen molar-refractivity contribution >= 4 is 11.7 Å². The molecular formula is C24H27NO3. The molecule has 0 saturated carbocycles. The minimum atomic E-state index is -1.17. The molecule has 1 fully saturated rings. The second-order valence-corrected chi connectivity index (χ2v) is 7.67. The fraction of sp³-hybridized carbons (Fsp3) is 0.375. The molecule has 4 nitrogen and oxygen atoms in total. The highest BCUT2D eigenvalue weighted by Crippen LogP contribution is 2.33. The predicted molar refractivity (Wildman–Crippen MR) is 111 cm³/mol. The number of piperidine rings is 1.